The molecule has 9 heteroatoms. The molecule has 0 unspecified atom stereocenters. The van der Waals surface area contributed by atoms with Crippen molar-refractivity contribution in [3.63, 3.8) is 0 Å². The lowest BCUT2D eigenvalue weighted by Gasteiger charge is -2.14. The number of rotatable bonds is 10. The van der Waals surface area contributed by atoms with Gasteiger partial charge in [-0.05, 0) is 48.2 Å². The Morgan fingerprint density at radius 2 is 1.91 bits per heavy atom. The van der Waals surface area contributed by atoms with E-state index in [2.05, 4.69) is 29.5 Å². The number of benzene rings is 2. The number of aryl methyl sites for hydroxylation is 1. The van der Waals surface area contributed by atoms with E-state index in [1.54, 1.807) is 18.0 Å². The van der Waals surface area contributed by atoms with Gasteiger partial charge in [-0.15, -0.1) is 23.1 Å². The van der Waals surface area contributed by atoms with Gasteiger partial charge in [0, 0.05) is 21.7 Å². The number of carbonyl (C=O) groups is 2. The van der Waals surface area contributed by atoms with E-state index >= 15 is 0 Å². The largest absolute Gasteiger partial charge is 0.491 e. The van der Waals surface area contributed by atoms with Crippen molar-refractivity contribution in [1.82, 2.24) is 4.98 Å². The number of thioether (sulfide) groups is 1. The summed E-state index contributed by atoms with van der Waals surface area (Å²) in [5.41, 5.74) is 2.43. The second-order valence-electron chi connectivity index (χ2n) is 7.92. The molecule has 3 aromatic rings. The van der Waals surface area contributed by atoms with Crippen molar-refractivity contribution >= 4 is 45.9 Å². The Balaban J connectivity index is 1.53. The molecular weight excluding hydrogens is 458 g/mol. The zero-order chi connectivity index (χ0) is 23.8. The summed E-state index contributed by atoms with van der Waals surface area (Å²) in [5, 5.41) is 15.0. The Morgan fingerprint density at radius 1 is 1.15 bits per heavy atom. The second-order valence-corrected chi connectivity index (χ2v) is 10.1. The second kappa shape index (κ2) is 11.7. The number of thiazole rings is 1. The van der Waals surface area contributed by atoms with Crippen LogP contribution in [0.1, 0.15) is 29.9 Å². The van der Waals surface area contributed by atoms with Gasteiger partial charge < -0.3 is 15.2 Å². The highest BCUT2D eigenvalue weighted by Crippen LogP contribution is 2.29. The number of aliphatic carboxylic acids is 1. The Bertz CT molecular complexity index is 1100. The van der Waals surface area contributed by atoms with Crippen molar-refractivity contribution < 1.29 is 19.4 Å². The molecule has 2 amide bonds. The van der Waals surface area contributed by atoms with Gasteiger partial charge in [-0.3, -0.25) is 10.1 Å². The van der Waals surface area contributed by atoms with Gasteiger partial charge in [-0.25, -0.2) is 9.78 Å². The van der Waals surface area contributed by atoms with Crippen molar-refractivity contribution in [3.05, 3.63) is 64.7 Å². The number of amides is 2. The quantitative estimate of drug-likeness (QED) is 0.302. The zero-order valence-electron chi connectivity index (χ0n) is 18.8. The number of hydrogen-bond acceptors (Lipinski definition) is 6. The maximum Gasteiger partial charge on any atom is 0.325 e. The molecular formula is C24H27N3O4S2. The normalized spacial score (nSPS) is 10.8. The van der Waals surface area contributed by atoms with Gasteiger partial charge in [0.05, 0.1) is 18.7 Å². The minimum atomic E-state index is -0.842. The summed E-state index contributed by atoms with van der Waals surface area (Å²) in [5.74, 6) is 0.876. The first-order chi connectivity index (χ1) is 15.8. The summed E-state index contributed by atoms with van der Waals surface area (Å²) in [6, 6.07) is 12.8. The molecule has 33 heavy (non-hydrogen) atoms. The summed E-state index contributed by atoms with van der Waals surface area (Å²) in [6.45, 7) is 6.69. The third-order valence-electron chi connectivity index (χ3n) is 4.39. The van der Waals surface area contributed by atoms with Crippen LogP contribution in [0.25, 0.3) is 0 Å². The van der Waals surface area contributed by atoms with Gasteiger partial charge in [0.15, 0.2) is 5.13 Å². The van der Waals surface area contributed by atoms with E-state index in [-0.39, 0.29) is 12.5 Å². The van der Waals surface area contributed by atoms with Crippen LogP contribution < -0.4 is 15.4 Å². The zero-order valence-corrected chi connectivity index (χ0v) is 20.4. The van der Waals surface area contributed by atoms with Crippen molar-refractivity contribution in [2.75, 3.05) is 17.2 Å². The number of nitrogens with one attached hydrogen (secondary N) is 2. The van der Waals surface area contributed by atoms with Crippen LogP contribution in [0.3, 0.4) is 0 Å². The maximum absolute atomic E-state index is 12.5. The van der Waals surface area contributed by atoms with Gasteiger partial charge in [0.25, 0.3) is 0 Å². The van der Waals surface area contributed by atoms with E-state index in [1.807, 2.05) is 49.4 Å². The SMILES string of the molecule is Cc1ccc(NC(=O)Nc2ncc(CSc3ccc(CC(=O)O)cc3)s2)c(OCC(C)C)c1. The molecule has 0 atom stereocenters. The van der Waals surface area contributed by atoms with Crippen LogP contribution in [0.15, 0.2) is 53.6 Å². The average Bonchev–Trinajstić information content (AvgIpc) is 3.20. The number of carboxylic acids is 1. The van der Waals surface area contributed by atoms with E-state index in [0.717, 1.165) is 20.9 Å². The standard InChI is InChI=1S/C24H27N3O4S2/c1-15(2)13-31-21-10-16(3)4-9-20(21)26-23(30)27-24-25-12-19(33-24)14-32-18-7-5-17(6-8-18)11-22(28)29/h4-10,12,15H,11,13-14H2,1-3H3,(H,28,29)(H2,25,26,27,30). The van der Waals surface area contributed by atoms with E-state index in [9.17, 15) is 9.59 Å². The van der Waals surface area contributed by atoms with Crippen molar-refractivity contribution in [1.29, 1.82) is 0 Å². The molecule has 3 rings (SSSR count). The highest BCUT2D eigenvalue weighted by molar-refractivity contribution is 7.98. The molecule has 2 aromatic carbocycles. The lowest BCUT2D eigenvalue weighted by Crippen LogP contribution is -2.20. The lowest BCUT2D eigenvalue weighted by atomic mass is 10.2. The number of ether oxygens (including phenoxy) is 1. The average molecular weight is 486 g/mol. The topological polar surface area (TPSA) is 101 Å². The molecule has 0 saturated carbocycles. The third-order valence-corrected chi connectivity index (χ3v) is 6.55. The first-order valence-electron chi connectivity index (χ1n) is 10.5. The molecule has 3 N–H and O–H groups in total. The van der Waals surface area contributed by atoms with Gasteiger partial charge in [0.2, 0.25) is 0 Å². The molecule has 0 radical (unpaired) electrons. The Labute approximate surface area is 201 Å². The van der Waals surface area contributed by atoms with Crippen LogP contribution in [-0.2, 0) is 17.0 Å². The monoisotopic (exact) mass is 485 g/mol. The summed E-state index contributed by atoms with van der Waals surface area (Å²) < 4.78 is 5.85. The van der Waals surface area contributed by atoms with Crippen LogP contribution in [0.2, 0.25) is 0 Å². The molecule has 0 spiro atoms. The number of hydrogen-bond donors (Lipinski definition) is 3. The molecule has 0 aliphatic carbocycles. The number of carboxylic acid groups (broad SMARTS) is 1. The number of nitrogens with zero attached hydrogens (tertiary/aromatic N) is 1. The van der Waals surface area contributed by atoms with E-state index in [0.29, 0.717) is 34.8 Å². The Morgan fingerprint density at radius 3 is 2.61 bits per heavy atom. The smallest absolute Gasteiger partial charge is 0.325 e. The van der Waals surface area contributed by atoms with Crippen LogP contribution in [0, 0.1) is 12.8 Å². The third kappa shape index (κ3) is 8.11. The van der Waals surface area contributed by atoms with Crippen molar-refractivity contribution in [2.45, 2.75) is 37.8 Å². The van der Waals surface area contributed by atoms with Crippen molar-refractivity contribution in [2.24, 2.45) is 5.92 Å². The van der Waals surface area contributed by atoms with Crippen LogP contribution >= 0.6 is 23.1 Å². The molecule has 7 nitrogen and oxygen atoms in total. The summed E-state index contributed by atoms with van der Waals surface area (Å²) >= 11 is 3.04. The predicted octanol–water partition coefficient (Wildman–Crippen LogP) is 6.05. The number of aromatic nitrogens is 1. The van der Waals surface area contributed by atoms with Crippen LogP contribution in [-0.4, -0.2) is 28.7 Å². The molecule has 0 aliphatic heterocycles. The summed E-state index contributed by atoms with van der Waals surface area (Å²) in [4.78, 5) is 29.6. The fourth-order valence-corrected chi connectivity index (χ4v) is 4.55. The highest BCUT2D eigenvalue weighted by Gasteiger charge is 2.12. The summed E-state index contributed by atoms with van der Waals surface area (Å²) in [7, 11) is 0. The van der Waals surface area contributed by atoms with Crippen LogP contribution in [0.5, 0.6) is 5.75 Å². The number of anilines is 2. The molecule has 0 aliphatic rings. The molecule has 174 valence electrons. The Kier molecular flexibility index (Phi) is 8.73. The first kappa shape index (κ1) is 24.6. The minimum absolute atomic E-state index is 0.0187. The molecule has 1 heterocycles. The van der Waals surface area contributed by atoms with Gasteiger partial charge in [0.1, 0.15) is 5.75 Å². The molecule has 1 aromatic heterocycles. The van der Waals surface area contributed by atoms with Gasteiger partial charge in [-0.2, -0.15) is 0 Å². The fourth-order valence-electron chi connectivity index (χ4n) is 2.82. The maximum atomic E-state index is 12.5. The number of urea groups is 1. The molecule has 0 bridgehead atoms. The van der Waals surface area contributed by atoms with Crippen LogP contribution in [0.4, 0.5) is 15.6 Å². The van der Waals surface area contributed by atoms with E-state index in [4.69, 9.17) is 9.84 Å². The molecule has 0 saturated heterocycles. The first-order valence-corrected chi connectivity index (χ1v) is 12.3. The van der Waals surface area contributed by atoms with Crippen molar-refractivity contribution in [3.8, 4) is 5.75 Å². The van der Waals surface area contributed by atoms with E-state index in [1.165, 1.54) is 11.3 Å². The number of carbonyl (C=O) groups excluding carboxylic acids is 1. The molecule has 0 fully saturated rings. The van der Waals surface area contributed by atoms with Gasteiger partial charge >= 0.3 is 12.0 Å². The predicted molar refractivity (Wildman–Crippen MR) is 134 cm³/mol. The summed E-state index contributed by atoms with van der Waals surface area (Å²) in [6.07, 6.45) is 1.76. The minimum Gasteiger partial charge on any atom is -0.491 e. The Hall–Kier alpha value is -3.04. The lowest BCUT2D eigenvalue weighted by molar-refractivity contribution is -0.136. The van der Waals surface area contributed by atoms with E-state index < -0.39 is 5.97 Å². The van der Waals surface area contributed by atoms with Gasteiger partial charge in [-0.1, -0.05) is 32.0 Å². The fraction of sp³-hybridized carbons (Fsp3) is 0.292. The highest BCUT2D eigenvalue weighted by atomic mass is 32.2.